The predicted molar refractivity (Wildman–Crippen MR) is 78.6 cm³/mol. The summed E-state index contributed by atoms with van der Waals surface area (Å²) >= 11 is 3.29. The van der Waals surface area contributed by atoms with E-state index in [9.17, 15) is 13.2 Å². The molecule has 1 atom stereocenters. The molecule has 20 heavy (non-hydrogen) atoms. The largest absolute Gasteiger partial charge is 0.416 e. The average Bonchev–Trinajstić information content (AvgIpc) is 2.33. The highest BCUT2D eigenvalue weighted by molar-refractivity contribution is 9.10. The summed E-state index contributed by atoms with van der Waals surface area (Å²) in [6, 6.07) is 4.27. The van der Waals surface area contributed by atoms with Crippen LogP contribution in [-0.2, 0) is 12.7 Å². The van der Waals surface area contributed by atoms with E-state index in [1.807, 2.05) is 6.92 Å². The monoisotopic (exact) mass is 352 g/mol. The third-order valence-electron chi connectivity index (χ3n) is 2.85. The van der Waals surface area contributed by atoms with E-state index in [0.29, 0.717) is 22.6 Å². The number of nitrogens with one attached hydrogen (secondary N) is 2. The molecule has 2 nitrogen and oxygen atoms in total. The maximum Gasteiger partial charge on any atom is 0.416 e. The quantitative estimate of drug-likeness (QED) is 0.810. The lowest BCUT2D eigenvalue weighted by Gasteiger charge is -2.17. The number of rotatable bonds is 6. The zero-order chi connectivity index (χ0) is 15.3. The normalized spacial score (nSPS) is 13.8. The third-order valence-corrected chi connectivity index (χ3v) is 3.62. The first-order chi connectivity index (χ1) is 9.20. The molecule has 0 bridgehead atoms. The summed E-state index contributed by atoms with van der Waals surface area (Å²) in [7, 11) is 0. The van der Waals surface area contributed by atoms with Gasteiger partial charge in [0.2, 0.25) is 0 Å². The molecule has 2 N–H and O–H groups in total. The summed E-state index contributed by atoms with van der Waals surface area (Å²) in [4.78, 5) is 0. The molecular formula is C14H20BrF3N2. The second-order valence-electron chi connectivity index (χ2n) is 5.15. The van der Waals surface area contributed by atoms with Gasteiger partial charge in [-0.3, -0.25) is 0 Å². The van der Waals surface area contributed by atoms with Crippen molar-refractivity contribution in [3.8, 4) is 0 Å². The Morgan fingerprint density at radius 3 is 2.35 bits per heavy atom. The molecule has 0 spiro atoms. The Hall–Kier alpha value is -0.590. The van der Waals surface area contributed by atoms with Crippen LogP contribution in [-0.4, -0.2) is 18.6 Å². The van der Waals surface area contributed by atoms with Crippen LogP contribution < -0.4 is 10.6 Å². The molecule has 0 saturated carbocycles. The molecule has 0 amide bonds. The van der Waals surface area contributed by atoms with Crippen LogP contribution in [0.25, 0.3) is 0 Å². The summed E-state index contributed by atoms with van der Waals surface area (Å²) in [6.07, 6.45) is -4.31. The van der Waals surface area contributed by atoms with Crippen molar-refractivity contribution < 1.29 is 13.2 Å². The highest BCUT2D eigenvalue weighted by Gasteiger charge is 2.30. The Kier molecular flexibility index (Phi) is 6.48. The summed E-state index contributed by atoms with van der Waals surface area (Å²) in [5.74, 6) is 0. The van der Waals surface area contributed by atoms with Gasteiger partial charge in [0.15, 0.2) is 0 Å². The Balaban J connectivity index is 2.63. The van der Waals surface area contributed by atoms with Gasteiger partial charge in [0.1, 0.15) is 0 Å². The average molecular weight is 353 g/mol. The number of hydrogen-bond donors (Lipinski definition) is 2. The molecule has 6 heteroatoms. The van der Waals surface area contributed by atoms with Crippen LogP contribution >= 0.6 is 15.9 Å². The number of halogens is 4. The molecule has 0 fully saturated rings. The number of alkyl halides is 3. The predicted octanol–water partition coefficient (Wildman–Crippen LogP) is 3.94. The van der Waals surface area contributed by atoms with Crippen LogP contribution in [0.1, 0.15) is 31.9 Å². The number of benzene rings is 1. The van der Waals surface area contributed by atoms with E-state index in [1.54, 1.807) is 0 Å². The number of hydrogen-bond acceptors (Lipinski definition) is 2. The molecule has 0 aliphatic carbocycles. The molecular weight excluding hydrogens is 333 g/mol. The SMILES string of the molecule is CC(C)NCC(C)NCc1cc(C(F)(F)F)ccc1Br. The van der Waals surface area contributed by atoms with Crippen molar-refractivity contribution >= 4 is 15.9 Å². The van der Waals surface area contributed by atoms with Gasteiger partial charge in [0, 0.05) is 29.6 Å². The van der Waals surface area contributed by atoms with Crippen molar-refractivity contribution in [1.29, 1.82) is 0 Å². The van der Waals surface area contributed by atoms with Crippen LogP contribution in [0.5, 0.6) is 0 Å². The Morgan fingerprint density at radius 1 is 1.15 bits per heavy atom. The maximum absolute atomic E-state index is 12.7. The molecule has 0 aromatic heterocycles. The molecule has 0 radical (unpaired) electrons. The van der Waals surface area contributed by atoms with Crippen molar-refractivity contribution in [2.24, 2.45) is 0 Å². The second-order valence-corrected chi connectivity index (χ2v) is 6.00. The zero-order valence-corrected chi connectivity index (χ0v) is 13.4. The Bertz CT molecular complexity index is 433. The van der Waals surface area contributed by atoms with Crippen LogP contribution in [0.15, 0.2) is 22.7 Å². The van der Waals surface area contributed by atoms with E-state index in [0.717, 1.165) is 12.6 Å². The molecule has 0 aliphatic heterocycles. The molecule has 0 heterocycles. The second kappa shape index (κ2) is 7.43. The van der Waals surface area contributed by atoms with Crippen molar-refractivity contribution in [2.75, 3.05) is 6.54 Å². The lowest BCUT2D eigenvalue weighted by Crippen LogP contribution is -2.38. The fourth-order valence-corrected chi connectivity index (χ4v) is 2.04. The minimum Gasteiger partial charge on any atom is -0.313 e. The van der Waals surface area contributed by atoms with E-state index in [-0.39, 0.29) is 6.04 Å². The molecule has 1 aromatic rings. The van der Waals surface area contributed by atoms with Gasteiger partial charge in [-0.15, -0.1) is 0 Å². The smallest absolute Gasteiger partial charge is 0.313 e. The molecule has 1 aromatic carbocycles. The van der Waals surface area contributed by atoms with Gasteiger partial charge >= 0.3 is 6.18 Å². The van der Waals surface area contributed by atoms with E-state index in [1.165, 1.54) is 12.1 Å². The summed E-state index contributed by atoms with van der Waals surface area (Å²) in [6.45, 7) is 7.27. The van der Waals surface area contributed by atoms with Gasteiger partial charge in [-0.05, 0) is 30.7 Å². The van der Waals surface area contributed by atoms with Gasteiger partial charge in [-0.1, -0.05) is 29.8 Å². The van der Waals surface area contributed by atoms with Gasteiger partial charge in [0.05, 0.1) is 5.56 Å². The van der Waals surface area contributed by atoms with Crippen molar-refractivity contribution in [3.05, 3.63) is 33.8 Å². The highest BCUT2D eigenvalue weighted by Crippen LogP contribution is 2.31. The van der Waals surface area contributed by atoms with Crippen molar-refractivity contribution in [2.45, 2.75) is 45.6 Å². The first-order valence-corrected chi connectivity index (χ1v) is 7.32. The Labute approximate surface area is 126 Å². The van der Waals surface area contributed by atoms with Crippen LogP contribution in [0.3, 0.4) is 0 Å². The van der Waals surface area contributed by atoms with Gasteiger partial charge < -0.3 is 10.6 Å². The first kappa shape index (κ1) is 17.5. The van der Waals surface area contributed by atoms with E-state index < -0.39 is 11.7 Å². The summed E-state index contributed by atoms with van der Waals surface area (Å²) in [5.41, 5.74) is -0.0123. The lowest BCUT2D eigenvalue weighted by molar-refractivity contribution is -0.137. The van der Waals surface area contributed by atoms with E-state index in [4.69, 9.17) is 0 Å². The Morgan fingerprint density at radius 2 is 1.80 bits per heavy atom. The minimum atomic E-state index is -4.31. The van der Waals surface area contributed by atoms with Crippen LogP contribution in [0, 0.1) is 0 Å². The van der Waals surface area contributed by atoms with E-state index >= 15 is 0 Å². The minimum absolute atomic E-state index is 0.179. The fraction of sp³-hybridized carbons (Fsp3) is 0.571. The fourth-order valence-electron chi connectivity index (χ4n) is 1.66. The van der Waals surface area contributed by atoms with Crippen LogP contribution in [0.4, 0.5) is 13.2 Å². The van der Waals surface area contributed by atoms with E-state index in [2.05, 4.69) is 40.4 Å². The lowest BCUT2D eigenvalue weighted by atomic mass is 10.1. The molecule has 1 rings (SSSR count). The molecule has 1 unspecified atom stereocenters. The third kappa shape index (κ3) is 5.81. The van der Waals surface area contributed by atoms with Gasteiger partial charge in [0.25, 0.3) is 0 Å². The summed E-state index contributed by atoms with van der Waals surface area (Å²) in [5, 5.41) is 6.49. The molecule has 114 valence electrons. The van der Waals surface area contributed by atoms with Crippen molar-refractivity contribution in [1.82, 2.24) is 10.6 Å². The summed E-state index contributed by atoms with van der Waals surface area (Å²) < 4.78 is 38.7. The molecule has 0 saturated heterocycles. The first-order valence-electron chi connectivity index (χ1n) is 6.52. The zero-order valence-electron chi connectivity index (χ0n) is 11.8. The highest BCUT2D eigenvalue weighted by atomic mass is 79.9. The standard InChI is InChI=1S/C14H20BrF3N2/c1-9(2)19-7-10(3)20-8-11-6-12(14(16,17)18)4-5-13(11)15/h4-6,9-10,19-20H,7-8H2,1-3H3. The van der Waals surface area contributed by atoms with Crippen molar-refractivity contribution in [3.63, 3.8) is 0 Å². The topological polar surface area (TPSA) is 24.1 Å². The van der Waals surface area contributed by atoms with Gasteiger partial charge in [-0.2, -0.15) is 13.2 Å². The van der Waals surface area contributed by atoms with Crippen LogP contribution in [0.2, 0.25) is 0 Å². The maximum atomic E-state index is 12.7. The van der Waals surface area contributed by atoms with Gasteiger partial charge in [-0.25, -0.2) is 0 Å². The molecule has 0 aliphatic rings.